The minimum absolute atomic E-state index is 0.455. The molecule has 14 heavy (non-hydrogen) atoms. The van der Waals surface area contributed by atoms with E-state index >= 15 is 0 Å². The van der Waals surface area contributed by atoms with Crippen molar-refractivity contribution in [1.82, 2.24) is 10.3 Å². The van der Waals surface area contributed by atoms with Crippen molar-refractivity contribution in [2.45, 2.75) is 12.5 Å². The molecular weight excluding hydrogens is 200 g/mol. The van der Waals surface area contributed by atoms with E-state index < -0.39 is 35.1 Å². The molecule has 6 heteroatoms. The monoisotopic (exact) mass is 206 g/mol. The Hall–Kier alpha value is -1.17. The van der Waals surface area contributed by atoms with Crippen molar-refractivity contribution in [2.75, 3.05) is 6.54 Å². The van der Waals surface area contributed by atoms with E-state index in [1.165, 1.54) is 0 Å². The summed E-state index contributed by atoms with van der Waals surface area (Å²) in [6.45, 7) is 0.578. The summed E-state index contributed by atoms with van der Waals surface area (Å²) >= 11 is 0. The van der Waals surface area contributed by atoms with E-state index in [0.717, 1.165) is 0 Å². The van der Waals surface area contributed by atoms with E-state index in [4.69, 9.17) is 0 Å². The Morgan fingerprint density at radius 2 is 1.57 bits per heavy atom. The highest BCUT2D eigenvalue weighted by molar-refractivity contribution is 5.23. The van der Waals surface area contributed by atoms with Crippen molar-refractivity contribution in [2.24, 2.45) is 0 Å². The van der Waals surface area contributed by atoms with Crippen LogP contribution in [0.3, 0.4) is 0 Å². The van der Waals surface area contributed by atoms with Gasteiger partial charge in [0.15, 0.2) is 11.6 Å². The van der Waals surface area contributed by atoms with Crippen LogP contribution in [0.1, 0.15) is 18.0 Å². The van der Waals surface area contributed by atoms with Gasteiger partial charge in [-0.05, 0) is 13.0 Å². The van der Waals surface area contributed by atoms with E-state index in [1.807, 2.05) is 0 Å². The average Bonchev–Trinajstić information content (AvgIpc) is 2.06. The van der Waals surface area contributed by atoms with Gasteiger partial charge in [0.2, 0.25) is 0 Å². The van der Waals surface area contributed by atoms with Crippen LogP contribution in [0.5, 0.6) is 0 Å². The van der Waals surface area contributed by atoms with Crippen molar-refractivity contribution in [3.05, 3.63) is 29.1 Å². The van der Waals surface area contributed by atoms with Crippen LogP contribution in [-0.2, 0) is 0 Å². The summed E-state index contributed by atoms with van der Waals surface area (Å²) in [5.41, 5.74) is -0.596. The predicted molar refractivity (Wildman–Crippen MR) is 39.4 cm³/mol. The highest BCUT2D eigenvalue weighted by Gasteiger charge is 2.30. The first kappa shape index (κ1) is 9.39. The number of nitrogens with zero attached hydrogens (tertiary/aromatic N) is 1. The zero-order chi connectivity index (χ0) is 10.3. The Kier molecular flexibility index (Phi) is 2.14. The molecule has 0 aliphatic carbocycles. The second kappa shape index (κ2) is 3.20. The van der Waals surface area contributed by atoms with Gasteiger partial charge in [-0.3, -0.25) is 0 Å². The number of rotatable bonds is 1. The van der Waals surface area contributed by atoms with Crippen LogP contribution < -0.4 is 5.32 Å². The Labute approximate surface area is 77.0 Å². The zero-order valence-electron chi connectivity index (χ0n) is 6.95. The third kappa shape index (κ3) is 1.26. The minimum Gasteiger partial charge on any atom is -0.310 e. The van der Waals surface area contributed by atoms with Crippen molar-refractivity contribution in [1.29, 1.82) is 0 Å². The van der Waals surface area contributed by atoms with Gasteiger partial charge >= 0.3 is 0 Å². The van der Waals surface area contributed by atoms with Gasteiger partial charge in [-0.1, -0.05) is 0 Å². The lowest BCUT2D eigenvalue weighted by atomic mass is 9.98. The molecule has 0 radical (unpaired) electrons. The first-order valence-electron chi connectivity index (χ1n) is 4.04. The fraction of sp³-hybridized carbons (Fsp3) is 0.375. The quantitative estimate of drug-likeness (QED) is 0.558. The second-order valence-electron chi connectivity index (χ2n) is 3.03. The van der Waals surface area contributed by atoms with Gasteiger partial charge in [-0.2, -0.15) is 13.8 Å². The molecule has 1 aromatic rings. The Morgan fingerprint density at radius 3 is 1.93 bits per heavy atom. The third-order valence-corrected chi connectivity index (χ3v) is 2.20. The lowest BCUT2D eigenvalue weighted by Gasteiger charge is -2.28. The molecule has 1 aromatic heterocycles. The Balaban J connectivity index is 2.54. The molecule has 0 aromatic carbocycles. The number of aromatic nitrogens is 1. The van der Waals surface area contributed by atoms with Crippen LogP contribution in [0.15, 0.2) is 0 Å². The summed E-state index contributed by atoms with van der Waals surface area (Å²) in [5.74, 6) is -6.04. The maximum Gasteiger partial charge on any atom is 0.252 e. The maximum absolute atomic E-state index is 13.0. The summed E-state index contributed by atoms with van der Waals surface area (Å²) in [7, 11) is 0. The fourth-order valence-electron chi connectivity index (χ4n) is 1.34. The summed E-state index contributed by atoms with van der Waals surface area (Å²) < 4.78 is 51.3. The summed E-state index contributed by atoms with van der Waals surface area (Å²) in [4.78, 5) is 2.46. The number of pyridine rings is 1. The van der Waals surface area contributed by atoms with Crippen molar-refractivity contribution >= 4 is 0 Å². The number of hydrogen-bond donors (Lipinski definition) is 1. The second-order valence-corrected chi connectivity index (χ2v) is 3.03. The molecule has 2 heterocycles. The largest absolute Gasteiger partial charge is 0.310 e. The first-order chi connectivity index (χ1) is 6.61. The molecule has 1 atom stereocenters. The van der Waals surface area contributed by atoms with Crippen molar-refractivity contribution < 1.29 is 17.6 Å². The SMILES string of the molecule is Fc1nc(F)c(F)c([C@H]2CCN2)c1F. The lowest BCUT2D eigenvalue weighted by molar-refractivity contribution is 0.325. The lowest BCUT2D eigenvalue weighted by Crippen LogP contribution is -2.36. The highest BCUT2D eigenvalue weighted by atomic mass is 19.2. The maximum atomic E-state index is 13.0. The minimum atomic E-state index is -1.60. The van der Waals surface area contributed by atoms with Gasteiger partial charge in [-0.25, -0.2) is 8.78 Å². The standard InChI is InChI=1S/C8H6F4N2/c9-5-4(3-1-2-13-3)6(10)8(12)14-7(5)11/h3,13H,1-2H2/t3-/m1/s1. The molecule has 0 bridgehead atoms. The molecule has 1 aliphatic heterocycles. The van der Waals surface area contributed by atoms with Gasteiger partial charge in [0.25, 0.3) is 11.9 Å². The summed E-state index contributed by atoms with van der Waals surface area (Å²) in [6.07, 6.45) is 0.455. The number of hydrogen-bond acceptors (Lipinski definition) is 2. The number of halogens is 4. The van der Waals surface area contributed by atoms with Gasteiger partial charge in [-0.15, -0.1) is 0 Å². The smallest absolute Gasteiger partial charge is 0.252 e. The molecule has 0 unspecified atom stereocenters. The van der Waals surface area contributed by atoms with Crippen LogP contribution in [0.2, 0.25) is 0 Å². The van der Waals surface area contributed by atoms with E-state index in [1.54, 1.807) is 0 Å². The molecule has 0 amide bonds. The highest BCUT2D eigenvalue weighted by Crippen LogP contribution is 2.29. The molecule has 1 aliphatic rings. The van der Waals surface area contributed by atoms with Crippen LogP contribution in [0.4, 0.5) is 17.6 Å². The Morgan fingerprint density at radius 1 is 1.07 bits per heavy atom. The molecule has 0 saturated carbocycles. The van der Waals surface area contributed by atoms with Crippen LogP contribution >= 0.6 is 0 Å². The molecule has 2 rings (SSSR count). The zero-order valence-corrected chi connectivity index (χ0v) is 6.95. The first-order valence-corrected chi connectivity index (χ1v) is 4.04. The van der Waals surface area contributed by atoms with E-state index in [9.17, 15) is 17.6 Å². The van der Waals surface area contributed by atoms with E-state index in [0.29, 0.717) is 13.0 Å². The predicted octanol–water partition coefficient (Wildman–Crippen LogP) is 1.67. The summed E-state index contributed by atoms with van der Waals surface area (Å²) in [5, 5.41) is 2.66. The van der Waals surface area contributed by atoms with Crippen molar-refractivity contribution in [3.63, 3.8) is 0 Å². The van der Waals surface area contributed by atoms with Crippen LogP contribution in [0.25, 0.3) is 0 Å². The topological polar surface area (TPSA) is 24.9 Å². The van der Waals surface area contributed by atoms with Gasteiger partial charge in [0, 0.05) is 6.04 Å². The fourth-order valence-corrected chi connectivity index (χ4v) is 1.34. The molecule has 76 valence electrons. The molecule has 1 fully saturated rings. The van der Waals surface area contributed by atoms with Crippen LogP contribution in [-0.4, -0.2) is 11.5 Å². The Bertz CT molecular complexity index is 350. The molecule has 2 nitrogen and oxygen atoms in total. The number of nitrogens with one attached hydrogen (secondary N) is 1. The van der Waals surface area contributed by atoms with Crippen molar-refractivity contribution in [3.8, 4) is 0 Å². The normalized spacial score (nSPS) is 20.7. The van der Waals surface area contributed by atoms with E-state index in [-0.39, 0.29) is 0 Å². The molecule has 1 N–H and O–H groups in total. The van der Waals surface area contributed by atoms with E-state index in [2.05, 4.69) is 10.3 Å². The van der Waals surface area contributed by atoms with Gasteiger partial charge in [0.05, 0.1) is 5.56 Å². The van der Waals surface area contributed by atoms with Crippen LogP contribution in [0, 0.1) is 23.5 Å². The third-order valence-electron chi connectivity index (χ3n) is 2.20. The van der Waals surface area contributed by atoms with Gasteiger partial charge < -0.3 is 5.32 Å². The molecule has 0 spiro atoms. The average molecular weight is 206 g/mol. The summed E-state index contributed by atoms with van der Waals surface area (Å²) in [6, 6.07) is -0.651. The van der Waals surface area contributed by atoms with Gasteiger partial charge in [0.1, 0.15) is 0 Å². The molecular formula is C8H6F4N2. The molecule has 1 saturated heterocycles.